The third-order valence-electron chi connectivity index (χ3n) is 2.65. The third-order valence-corrected chi connectivity index (χ3v) is 3.79. The molecule has 0 aliphatic heterocycles. The lowest BCUT2D eigenvalue weighted by Gasteiger charge is -2.16. The van der Waals surface area contributed by atoms with Crippen LogP contribution in [0.3, 0.4) is 0 Å². The maximum Gasteiger partial charge on any atom is 0.653 e. The molecule has 0 saturated carbocycles. The molecule has 2 rings (SSSR count). The molecule has 0 aromatic heterocycles. The minimum Gasteiger partial charge on any atom is -0.386 e. The molecule has 0 unspecified atom stereocenters. The summed E-state index contributed by atoms with van der Waals surface area (Å²) in [6.45, 7) is 3.81. The quantitative estimate of drug-likeness (QED) is 0.243. The van der Waals surface area contributed by atoms with Crippen LogP contribution >= 0.6 is 7.82 Å². The van der Waals surface area contributed by atoms with Gasteiger partial charge in [0.25, 0.3) is 0 Å². The fourth-order valence-electron chi connectivity index (χ4n) is 1.57. The zero-order valence-corrected chi connectivity index (χ0v) is 12.9. The van der Waals surface area contributed by atoms with Gasteiger partial charge in [-0.25, -0.2) is 0 Å². The van der Waals surface area contributed by atoms with E-state index in [0.29, 0.717) is 0 Å². The summed E-state index contributed by atoms with van der Waals surface area (Å²) in [7, 11) is -4.13. The highest BCUT2D eigenvalue weighted by Gasteiger charge is 2.32. The number of nitrogens with zero attached hydrogens (tertiary/aromatic N) is 3. The molecule has 0 aliphatic carbocycles. The van der Waals surface area contributed by atoms with Crippen molar-refractivity contribution in [1.29, 1.82) is 0 Å². The first-order valence-corrected chi connectivity index (χ1v) is 7.82. The molecule has 0 radical (unpaired) electrons. The topological polar surface area (TPSA) is 93.5 Å². The Bertz CT molecular complexity index is 673. The molecule has 0 N–H and O–H groups in total. The summed E-state index contributed by atoms with van der Waals surface area (Å²) < 4.78 is 27.6. The predicted molar refractivity (Wildman–Crippen MR) is 81.5 cm³/mol. The predicted octanol–water partition coefficient (Wildman–Crippen LogP) is 5.11. The van der Waals surface area contributed by atoms with E-state index in [4.69, 9.17) is 14.6 Å². The molecule has 0 fully saturated rings. The van der Waals surface area contributed by atoms with Gasteiger partial charge in [-0.05, 0) is 43.6 Å². The lowest BCUT2D eigenvalue weighted by Crippen LogP contribution is -2.02. The highest BCUT2D eigenvalue weighted by Crippen LogP contribution is 2.49. The zero-order valence-electron chi connectivity index (χ0n) is 12.0. The molecule has 22 heavy (non-hydrogen) atoms. The van der Waals surface area contributed by atoms with E-state index in [1.165, 1.54) is 0 Å². The molecule has 0 bridgehead atoms. The fourth-order valence-corrected chi connectivity index (χ4v) is 2.56. The fraction of sp³-hybridized carbons (Fsp3) is 0.143. The zero-order chi connectivity index (χ0) is 16.0. The summed E-state index contributed by atoms with van der Waals surface area (Å²) in [4.78, 5) is 2.40. The number of phosphoric acid groups is 1. The number of phosphoric ester groups is 1. The molecule has 0 aliphatic rings. The number of rotatable bonds is 6. The van der Waals surface area contributed by atoms with Gasteiger partial charge < -0.3 is 13.7 Å². The average molecular weight is 319 g/mol. The van der Waals surface area contributed by atoms with Gasteiger partial charge in [0, 0.05) is 4.91 Å². The van der Waals surface area contributed by atoms with Crippen molar-refractivity contribution in [2.75, 3.05) is 0 Å². The second-order valence-corrected chi connectivity index (χ2v) is 5.93. The van der Waals surface area contributed by atoms with Crippen LogP contribution in [0.1, 0.15) is 11.1 Å². The normalized spacial score (nSPS) is 10.5. The summed E-state index contributed by atoms with van der Waals surface area (Å²) >= 11 is 0. The van der Waals surface area contributed by atoms with E-state index in [1.54, 1.807) is 48.5 Å². The van der Waals surface area contributed by atoms with E-state index in [0.717, 1.165) is 11.1 Å². The molecule has 0 saturated heterocycles. The number of hydrogen-bond donors (Lipinski definition) is 0. The Kier molecular flexibility index (Phi) is 4.94. The molecule has 0 spiro atoms. The monoisotopic (exact) mass is 319 g/mol. The van der Waals surface area contributed by atoms with E-state index in [1.807, 2.05) is 13.8 Å². The van der Waals surface area contributed by atoms with Gasteiger partial charge in [-0.3, -0.25) is 0 Å². The highest BCUT2D eigenvalue weighted by atomic mass is 31.2. The van der Waals surface area contributed by atoms with Crippen molar-refractivity contribution in [3.63, 3.8) is 0 Å². The summed E-state index contributed by atoms with van der Waals surface area (Å²) in [5.41, 5.74) is 10.4. The molecule has 0 heterocycles. The van der Waals surface area contributed by atoms with Crippen LogP contribution in [0.5, 0.6) is 11.5 Å². The second-order valence-electron chi connectivity index (χ2n) is 4.51. The summed E-state index contributed by atoms with van der Waals surface area (Å²) in [5.74, 6) is 0.545. The first-order valence-electron chi connectivity index (χ1n) is 6.36. The Balaban J connectivity index is 2.22. The third kappa shape index (κ3) is 4.45. The maximum atomic E-state index is 12.5. The van der Waals surface area contributed by atoms with Crippen LogP contribution in [0.4, 0.5) is 0 Å². The van der Waals surface area contributed by atoms with Crippen molar-refractivity contribution in [2.24, 2.45) is 5.28 Å². The molecular formula is C14H14N3O4P. The molecule has 2 aromatic carbocycles. The van der Waals surface area contributed by atoms with E-state index in [-0.39, 0.29) is 11.5 Å². The molecule has 0 amide bonds. The van der Waals surface area contributed by atoms with Gasteiger partial charge in [-0.15, -0.1) is 0 Å². The van der Waals surface area contributed by atoms with E-state index in [9.17, 15) is 4.57 Å². The van der Waals surface area contributed by atoms with Crippen LogP contribution in [0.15, 0.2) is 53.8 Å². The van der Waals surface area contributed by atoms with Gasteiger partial charge in [0.1, 0.15) is 16.8 Å². The molecular weight excluding hydrogens is 305 g/mol. The Morgan fingerprint density at radius 2 is 1.32 bits per heavy atom. The van der Waals surface area contributed by atoms with E-state index < -0.39 is 7.82 Å². The van der Waals surface area contributed by atoms with Crippen molar-refractivity contribution >= 4 is 7.82 Å². The largest absolute Gasteiger partial charge is 0.653 e. The van der Waals surface area contributed by atoms with Crippen LogP contribution in [0.2, 0.25) is 0 Å². The molecule has 2 aromatic rings. The van der Waals surface area contributed by atoms with Crippen molar-refractivity contribution in [1.82, 2.24) is 0 Å². The Hall–Kier alpha value is -2.62. The SMILES string of the molecule is Cc1ccc(OP(=O)(ON=[N+]=[N-])Oc2ccc(C)cc2)cc1. The summed E-state index contributed by atoms with van der Waals surface area (Å²) in [5, 5.41) is 2.84. The summed E-state index contributed by atoms with van der Waals surface area (Å²) in [6.07, 6.45) is 0. The molecule has 8 heteroatoms. The van der Waals surface area contributed by atoms with E-state index in [2.05, 4.69) is 14.8 Å². The van der Waals surface area contributed by atoms with Crippen LogP contribution in [0, 0.1) is 13.8 Å². The van der Waals surface area contributed by atoms with Crippen molar-refractivity contribution in [3.05, 3.63) is 70.1 Å². The van der Waals surface area contributed by atoms with E-state index >= 15 is 0 Å². The number of aryl methyl sites for hydroxylation is 2. The lowest BCUT2D eigenvalue weighted by molar-refractivity contribution is 0.214. The average Bonchev–Trinajstić information content (AvgIpc) is 2.50. The smallest absolute Gasteiger partial charge is 0.386 e. The second kappa shape index (κ2) is 6.89. The van der Waals surface area contributed by atoms with Crippen LogP contribution in [-0.2, 0) is 9.19 Å². The minimum absolute atomic E-state index is 0.272. The molecule has 114 valence electrons. The number of benzene rings is 2. The van der Waals surface area contributed by atoms with Crippen LogP contribution < -0.4 is 9.05 Å². The van der Waals surface area contributed by atoms with Gasteiger partial charge in [0.05, 0.1) is 0 Å². The Morgan fingerprint density at radius 3 is 1.68 bits per heavy atom. The highest BCUT2D eigenvalue weighted by molar-refractivity contribution is 7.49. The van der Waals surface area contributed by atoms with Crippen LogP contribution in [-0.4, -0.2) is 0 Å². The van der Waals surface area contributed by atoms with Gasteiger partial charge in [0.15, 0.2) is 0 Å². The molecule has 7 nitrogen and oxygen atoms in total. The Morgan fingerprint density at radius 1 is 0.909 bits per heavy atom. The van der Waals surface area contributed by atoms with Crippen molar-refractivity contribution < 1.29 is 18.2 Å². The first kappa shape index (κ1) is 15.8. The van der Waals surface area contributed by atoms with Gasteiger partial charge in [0.2, 0.25) is 0 Å². The Labute approximate surface area is 127 Å². The standard InChI is InChI=1S/C14H14N3O4P/c1-11-3-7-13(8-4-11)19-22(18,21-17-16-15)20-14-9-5-12(2)6-10-14/h3-10H,1-2H3. The maximum absolute atomic E-state index is 12.5. The first-order chi connectivity index (χ1) is 10.5. The van der Waals surface area contributed by atoms with Crippen molar-refractivity contribution in [2.45, 2.75) is 13.8 Å². The van der Waals surface area contributed by atoms with Crippen LogP contribution in [0.25, 0.3) is 10.4 Å². The summed E-state index contributed by atoms with van der Waals surface area (Å²) in [6, 6.07) is 13.6. The number of hydrogen-bond acceptors (Lipinski definition) is 5. The lowest BCUT2D eigenvalue weighted by atomic mass is 10.2. The minimum atomic E-state index is -4.13. The van der Waals surface area contributed by atoms with Gasteiger partial charge in [-0.1, -0.05) is 35.4 Å². The molecule has 0 atom stereocenters. The van der Waals surface area contributed by atoms with Crippen molar-refractivity contribution in [3.8, 4) is 11.5 Å². The number of azide groups is 1. The van der Waals surface area contributed by atoms with Gasteiger partial charge >= 0.3 is 7.82 Å². The van der Waals surface area contributed by atoms with Gasteiger partial charge in [-0.2, -0.15) is 4.57 Å².